The molecule has 0 unspecified atom stereocenters. The summed E-state index contributed by atoms with van der Waals surface area (Å²) in [4.78, 5) is 26.4. The van der Waals surface area contributed by atoms with Gasteiger partial charge in [-0.2, -0.15) is 17.9 Å². The average Bonchev–Trinajstić information content (AvgIpc) is 3.12. The lowest BCUT2D eigenvalue weighted by Crippen LogP contribution is -2.37. The summed E-state index contributed by atoms with van der Waals surface area (Å²) in [5.41, 5.74) is -0.230. The van der Waals surface area contributed by atoms with Gasteiger partial charge in [0.2, 0.25) is 0 Å². The first-order chi connectivity index (χ1) is 14.7. The van der Waals surface area contributed by atoms with Crippen molar-refractivity contribution < 1.29 is 27.9 Å². The molecule has 1 saturated heterocycles. The van der Waals surface area contributed by atoms with E-state index in [1.807, 2.05) is 4.90 Å². The van der Waals surface area contributed by atoms with Crippen LogP contribution in [0.15, 0.2) is 18.2 Å². The number of hydrogen-bond acceptors (Lipinski definition) is 4. The van der Waals surface area contributed by atoms with E-state index in [9.17, 15) is 27.9 Å². The van der Waals surface area contributed by atoms with Gasteiger partial charge in [0.15, 0.2) is 5.82 Å². The zero-order chi connectivity index (χ0) is 22.3. The Labute approximate surface area is 181 Å². The molecule has 2 aromatic rings. The molecule has 0 saturated carbocycles. The lowest BCUT2D eigenvalue weighted by Gasteiger charge is -2.31. The van der Waals surface area contributed by atoms with E-state index in [0.717, 1.165) is 29.2 Å². The molecule has 166 valence electrons. The SMILES string of the molecule is O=C(O)C1CCN(c2nn(C(=O)c3c(Cl)cccc3C(F)(F)F)c3c2CCCC3)CC1. The predicted octanol–water partition coefficient (Wildman–Crippen LogP) is 4.42. The molecule has 1 fully saturated rings. The number of fused-ring (bicyclic) bond motifs is 1. The fourth-order valence-corrected chi connectivity index (χ4v) is 4.68. The van der Waals surface area contributed by atoms with Crippen LogP contribution in [0.1, 0.15) is 52.9 Å². The Balaban J connectivity index is 1.74. The van der Waals surface area contributed by atoms with Crippen LogP contribution < -0.4 is 4.90 Å². The fraction of sp³-hybridized carbons (Fsp3) is 0.476. The number of benzene rings is 1. The molecule has 1 aliphatic carbocycles. The van der Waals surface area contributed by atoms with Gasteiger partial charge < -0.3 is 10.0 Å². The van der Waals surface area contributed by atoms with Crippen LogP contribution in [0.2, 0.25) is 5.02 Å². The highest BCUT2D eigenvalue weighted by Gasteiger charge is 2.38. The van der Waals surface area contributed by atoms with E-state index >= 15 is 0 Å². The third-order valence-corrected chi connectivity index (χ3v) is 6.34. The van der Waals surface area contributed by atoms with Gasteiger partial charge in [-0.1, -0.05) is 17.7 Å². The number of halogens is 4. The van der Waals surface area contributed by atoms with Crippen molar-refractivity contribution in [2.24, 2.45) is 5.92 Å². The van der Waals surface area contributed by atoms with Crippen LogP contribution in [0.3, 0.4) is 0 Å². The fourth-order valence-electron chi connectivity index (χ4n) is 4.42. The third kappa shape index (κ3) is 4.03. The number of aromatic nitrogens is 2. The van der Waals surface area contributed by atoms with Crippen molar-refractivity contribution in [3.63, 3.8) is 0 Å². The number of nitrogens with zero attached hydrogens (tertiary/aromatic N) is 3. The molecular formula is C21H21ClF3N3O3. The Morgan fingerprint density at radius 3 is 2.45 bits per heavy atom. The van der Waals surface area contributed by atoms with Crippen molar-refractivity contribution in [1.29, 1.82) is 0 Å². The Kier molecular flexibility index (Phi) is 5.72. The standard InChI is InChI=1S/C21H21ClF3N3O3/c22-15-6-3-5-14(21(23,24)25)17(15)19(29)28-16-7-2-1-4-13(16)18(26-28)27-10-8-12(9-11-27)20(30)31/h3,5-6,12H,1-2,4,7-11H2,(H,30,31). The molecular weight excluding hydrogens is 435 g/mol. The Morgan fingerprint density at radius 1 is 1.13 bits per heavy atom. The molecule has 0 atom stereocenters. The highest BCUT2D eigenvalue weighted by molar-refractivity contribution is 6.34. The Bertz CT molecular complexity index is 1030. The van der Waals surface area contributed by atoms with Crippen molar-refractivity contribution >= 4 is 29.3 Å². The minimum Gasteiger partial charge on any atom is -0.481 e. The van der Waals surface area contributed by atoms with Crippen LogP contribution in [0.5, 0.6) is 0 Å². The number of carbonyl (C=O) groups excluding carboxylic acids is 1. The van der Waals surface area contributed by atoms with E-state index in [-0.39, 0.29) is 5.02 Å². The van der Waals surface area contributed by atoms with Gasteiger partial charge >= 0.3 is 12.1 Å². The van der Waals surface area contributed by atoms with Gasteiger partial charge in [0.1, 0.15) is 0 Å². The number of carboxylic acid groups (broad SMARTS) is 1. The number of hydrogen-bond donors (Lipinski definition) is 1. The van der Waals surface area contributed by atoms with Crippen LogP contribution in [-0.2, 0) is 23.8 Å². The second-order valence-electron chi connectivity index (χ2n) is 7.93. The number of piperidine rings is 1. The highest BCUT2D eigenvalue weighted by atomic mass is 35.5. The number of alkyl halides is 3. The van der Waals surface area contributed by atoms with Gasteiger partial charge in [-0.25, -0.2) is 0 Å². The maximum absolute atomic E-state index is 13.5. The quantitative estimate of drug-likeness (QED) is 0.741. The number of anilines is 1. The van der Waals surface area contributed by atoms with E-state index in [4.69, 9.17) is 11.6 Å². The topological polar surface area (TPSA) is 75.4 Å². The van der Waals surface area contributed by atoms with Crippen molar-refractivity contribution in [3.05, 3.63) is 45.6 Å². The summed E-state index contributed by atoms with van der Waals surface area (Å²) < 4.78 is 41.7. The van der Waals surface area contributed by atoms with E-state index in [2.05, 4.69) is 5.10 Å². The molecule has 4 rings (SSSR count). The average molecular weight is 456 g/mol. The van der Waals surface area contributed by atoms with Crippen molar-refractivity contribution in [3.8, 4) is 0 Å². The first-order valence-electron chi connectivity index (χ1n) is 10.2. The molecule has 31 heavy (non-hydrogen) atoms. The lowest BCUT2D eigenvalue weighted by atomic mass is 9.94. The normalized spacial score (nSPS) is 17.5. The summed E-state index contributed by atoms with van der Waals surface area (Å²) in [6, 6.07) is 3.27. The summed E-state index contributed by atoms with van der Waals surface area (Å²) in [6.45, 7) is 0.934. The molecule has 6 nitrogen and oxygen atoms in total. The van der Waals surface area contributed by atoms with Crippen LogP contribution in [0.4, 0.5) is 19.0 Å². The highest BCUT2D eigenvalue weighted by Crippen LogP contribution is 2.37. The monoisotopic (exact) mass is 455 g/mol. The number of carbonyl (C=O) groups is 2. The van der Waals surface area contributed by atoms with Gasteiger partial charge in [0, 0.05) is 18.7 Å². The van der Waals surface area contributed by atoms with Gasteiger partial charge in [-0.3, -0.25) is 9.59 Å². The minimum atomic E-state index is -4.73. The van der Waals surface area contributed by atoms with Crippen molar-refractivity contribution in [2.45, 2.75) is 44.7 Å². The molecule has 0 spiro atoms. The third-order valence-electron chi connectivity index (χ3n) is 6.03. The molecule has 1 aliphatic heterocycles. The second-order valence-corrected chi connectivity index (χ2v) is 8.34. The van der Waals surface area contributed by atoms with E-state index in [0.29, 0.717) is 50.3 Å². The van der Waals surface area contributed by atoms with Crippen LogP contribution in [0, 0.1) is 5.92 Å². The van der Waals surface area contributed by atoms with Gasteiger partial charge in [0.05, 0.1) is 27.8 Å². The van der Waals surface area contributed by atoms with Crippen LogP contribution >= 0.6 is 11.6 Å². The van der Waals surface area contributed by atoms with Crippen molar-refractivity contribution in [1.82, 2.24) is 9.78 Å². The summed E-state index contributed by atoms with van der Waals surface area (Å²) in [7, 11) is 0. The largest absolute Gasteiger partial charge is 0.481 e. The molecule has 1 N–H and O–H groups in total. The van der Waals surface area contributed by atoms with E-state index in [1.54, 1.807) is 0 Å². The molecule has 10 heteroatoms. The molecule has 1 aromatic heterocycles. The zero-order valence-electron chi connectivity index (χ0n) is 16.6. The summed E-state index contributed by atoms with van der Waals surface area (Å²) >= 11 is 6.04. The van der Waals surface area contributed by atoms with E-state index < -0.39 is 35.1 Å². The number of carboxylic acids is 1. The molecule has 2 heterocycles. The number of rotatable bonds is 3. The number of aliphatic carboxylic acids is 1. The Morgan fingerprint density at radius 2 is 1.81 bits per heavy atom. The second kappa shape index (κ2) is 8.18. The van der Waals surface area contributed by atoms with E-state index in [1.165, 1.54) is 12.1 Å². The summed E-state index contributed by atoms with van der Waals surface area (Å²) in [5, 5.41) is 13.4. The summed E-state index contributed by atoms with van der Waals surface area (Å²) in [6.07, 6.45) is -0.921. The van der Waals surface area contributed by atoms with Gasteiger partial charge in [-0.15, -0.1) is 5.10 Å². The molecule has 1 aromatic carbocycles. The zero-order valence-corrected chi connectivity index (χ0v) is 17.3. The van der Waals surface area contributed by atoms with Gasteiger partial charge in [-0.05, 0) is 50.7 Å². The first-order valence-corrected chi connectivity index (χ1v) is 10.5. The maximum Gasteiger partial charge on any atom is 0.417 e. The Hall–Kier alpha value is -2.55. The van der Waals surface area contributed by atoms with Gasteiger partial charge in [0.25, 0.3) is 5.91 Å². The first kappa shape index (κ1) is 21.7. The molecule has 0 radical (unpaired) electrons. The summed E-state index contributed by atoms with van der Waals surface area (Å²) in [5.74, 6) is -1.59. The molecule has 0 amide bonds. The van der Waals surface area contributed by atoms with Crippen LogP contribution in [0.25, 0.3) is 0 Å². The maximum atomic E-state index is 13.5. The molecule has 2 aliphatic rings. The predicted molar refractivity (Wildman–Crippen MR) is 108 cm³/mol. The smallest absolute Gasteiger partial charge is 0.417 e. The minimum absolute atomic E-state index is 0.274. The van der Waals surface area contributed by atoms with Crippen LogP contribution in [-0.4, -0.2) is 39.9 Å². The lowest BCUT2D eigenvalue weighted by molar-refractivity contribution is -0.142. The molecule has 0 bridgehead atoms. The van der Waals surface area contributed by atoms with Crippen molar-refractivity contribution in [2.75, 3.05) is 18.0 Å².